The summed E-state index contributed by atoms with van der Waals surface area (Å²) < 4.78 is 7.73. The van der Waals surface area contributed by atoms with Crippen LogP contribution in [0.2, 0.25) is 0 Å². The van der Waals surface area contributed by atoms with Crippen molar-refractivity contribution < 1.29 is 19.4 Å². The van der Waals surface area contributed by atoms with Crippen LogP contribution in [0.1, 0.15) is 17.0 Å². The maximum atomic E-state index is 11.7. The fraction of sp³-hybridized carbons (Fsp3) is 0.176. The summed E-state index contributed by atoms with van der Waals surface area (Å²) in [6.07, 6.45) is 0. The minimum atomic E-state index is -1.02. The molecule has 0 radical (unpaired) electrons. The molecule has 0 bridgehead atoms. The van der Waals surface area contributed by atoms with Gasteiger partial charge in [-0.3, -0.25) is 4.79 Å². The van der Waals surface area contributed by atoms with Gasteiger partial charge >= 0.3 is 11.3 Å². The van der Waals surface area contributed by atoms with Crippen molar-refractivity contribution in [3.05, 3.63) is 59.7 Å². The first-order valence-corrected chi connectivity index (χ1v) is 7.95. The molecular formula is C17H15NO4S. The highest BCUT2D eigenvalue weighted by molar-refractivity contribution is 8.11. The lowest BCUT2D eigenvalue weighted by Gasteiger charge is -2.13. The molecule has 0 heterocycles. The second-order valence-corrected chi connectivity index (χ2v) is 5.93. The van der Waals surface area contributed by atoms with Crippen molar-refractivity contribution in [2.45, 2.75) is 5.92 Å². The van der Waals surface area contributed by atoms with Crippen molar-refractivity contribution in [2.75, 3.05) is 13.2 Å². The summed E-state index contributed by atoms with van der Waals surface area (Å²) in [6, 6.07) is 16.2. The monoisotopic (exact) mass is 329 g/mol. The topological polar surface area (TPSA) is 75.6 Å². The third-order valence-electron chi connectivity index (χ3n) is 3.71. The zero-order valence-corrected chi connectivity index (χ0v) is 13.0. The van der Waals surface area contributed by atoms with Crippen LogP contribution >= 0.6 is 11.9 Å². The van der Waals surface area contributed by atoms with E-state index in [4.69, 9.17) is 9.84 Å². The van der Waals surface area contributed by atoms with Gasteiger partial charge in [-0.15, -0.1) is 0 Å². The van der Waals surface area contributed by atoms with Gasteiger partial charge in [-0.05, 0) is 22.3 Å². The standard InChI is InChI=1S/C17H15NO4S/c19-16(20)9-18-23-17(21)22-10-15-13-7-3-1-5-11(13)12-6-2-4-8-14(12)15/h1-8,15,18H,9-10H2,(H,19,20). The van der Waals surface area contributed by atoms with Crippen LogP contribution in [0.15, 0.2) is 48.5 Å². The van der Waals surface area contributed by atoms with E-state index in [1.807, 2.05) is 36.4 Å². The van der Waals surface area contributed by atoms with Gasteiger partial charge in [0.15, 0.2) is 0 Å². The number of carbonyl (C=O) groups excluding carboxylic acids is 1. The van der Waals surface area contributed by atoms with Crippen LogP contribution in [0.4, 0.5) is 4.79 Å². The van der Waals surface area contributed by atoms with Crippen molar-refractivity contribution in [1.82, 2.24) is 4.72 Å². The summed E-state index contributed by atoms with van der Waals surface area (Å²) in [5.74, 6) is -1.02. The molecule has 0 aliphatic heterocycles. The van der Waals surface area contributed by atoms with Crippen LogP contribution in [0.3, 0.4) is 0 Å². The van der Waals surface area contributed by atoms with E-state index < -0.39 is 11.3 Å². The van der Waals surface area contributed by atoms with Gasteiger partial charge in [-0.25, -0.2) is 9.52 Å². The Labute approximate surface area is 137 Å². The van der Waals surface area contributed by atoms with E-state index in [0.29, 0.717) is 11.9 Å². The molecule has 2 aromatic rings. The molecule has 23 heavy (non-hydrogen) atoms. The van der Waals surface area contributed by atoms with E-state index in [0.717, 1.165) is 11.1 Å². The number of carboxylic acids is 1. The molecule has 3 rings (SSSR count). The fourth-order valence-corrected chi connectivity index (χ4v) is 3.22. The molecule has 0 atom stereocenters. The Hall–Kier alpha value is -2.31. The quantitative estimate of drug-likeness (QED) is 0.648. The van der Waals surface area contributed by atoms with Crippen LogP contribution < -0.4 is 4.72 Å². The number of carboxylic acid groups (broad SMARTS) is 1. The van der Waals surface area contributed by atoms with E-state index in [1.165, 1.54) is 11.1 Å². The average Bonchev–Trinajstić information content (AvgIpc) is 2.87. The number of hydrogen-bond donors (Lipinski definition) is 2. The number of benzene rings is 2. The van der Waals surface area contributed by atoms with Crippen LogP contribution in [0.5, 0.6) is 0 Å². The fourth-order valence-electron chi connectivity index (χ4n) is 2.78. The Morgan fingerprint density at radius 2 is 1.61 bits per heavy atom. The van der Waals surface area contributed by atoms with Gasteiger partial charge in [0.25, 0.3) is 0 Å². The van der Waals surface area contributed by atoms with E-state index in [2.05, 4.69) is 16.9 Å². The van der Waals surface area contributed by atoms with Gasteiger partial charge in [0, 0.05) is 17.9 Å². The first kappa shape index (κ1) is 15.6. The number of rotatable bonds is 5. The Kier molecular flexibility index (Phi) is 4.64. The first-order chi connectivity index (χ1) is 11.2. The van der Waals surface area contributed by atoms with E-state index in [1.54, 1.807) is 0 Å². The van der Waals surface area contributed by atoms with Crippen LogP contribution in [0.25, 0.3) is 11.1 Å². The molecule has 2 N–H and O–H groups in total. The van der Waals surface area contributed by atoms with Crippen LogP contribution in [-0.4, -0.2) is 29.5 Å². The summed E-state index contributed by atoms with van der Waals surface area (Å²) in [5, 5.41) is 7.99. The molecule has 1 aliphatic rings. The smallest absolute Gasteiger partial charge is 0.382 e. The van der Waals surface area contributed by atoms with Crippen molar-refractivity contribution in [1.29, 1.82) is 0 Å². The van der Waals surface area contributed by atoms with Crippen LogP contribution in [-0.2, 0) is 9.53 Å². The average molecular weight is 329 g/mol. The molecule has 0 aromatic heterocycles. The largest absolute Gasteiger partial charge is 0.480 e. The third-order valence-corrected chi connectivity index (χ3v) is 4.28. The van der Waals surface area contributed by atoms with Crippen molar-refractivity contribution >= 4 is 23.2 Å². The number of hydrogen-bond acceptors (Lipinski definition) is 5. The van der Waals surface area contributed by atoms with Gasteiger partial charge < -0.3 is 9.84 Å². The first-order valence-electron chi connectivity index (χ1n) is 7.13. The highest BCUT2D eigenvalue weighted by Gasteiger charge is 2.28. The lowest BCUT2D eigenvalue weighted by molar-refractivity contribution is -0.135. The predicted octanol–water partition coefficient (Wildman–Crippen LogP) is 3.26. The third kappa shape index (κ3) is 3.38. The normalized spacial score (nSPS) is 12.5. The van der Waals surface area contributed by atoms with Crippen molar-refractivity contribution in [3.63, 3.8) is 0 Å². The molecule has 0 saturated carbocycles. The molecule has 0 amide bonds. The Bertz CT molecular complexity index is 701. The van der Waals surface area contributed by atoms with E-state index in [-0.39, 0.29) is 19.1 Å². The predicted molar refractivity (Wildman–Crippen MR) is 88.3 cm³/mol. The van der Waals surface area contributed by atoms with Crippen molar-refractivity contribution in [3.8, 4) is 11.1 Å². The molecule has 118 valence electrons. The molecule has 0 spiro atoms. The van der Waals surface area contributed by atoms with Gasteiger partial charge in [-0.1, -0.05) is 48.5 Å². The molecular weight excluding hydrogens is 314 g/mol. The number of ether oxygens (including phenoxy) is 1. The van der Waals surface area contributed by atoms with Gasteiger partial charge in [-0.2, -0.15) is 0 Å². The molecule has 0 unspecified atom stereocenters. The minimum Gasteiger partial charge on any atom is -0.480 e. The van der Waals surface area contributed by atoms with Gasteiger partial charge in [0.05, 0.1) is 0 Å². The maximum absolute atomic E-state index is 11.7. The van der Waals surface area contributed by atoms with Gasteiger partial charge in [0.2, 0.25) is 0 Å². The summed E-state index contributed by atoms with van der Waals surface area (Å²) in [4.78, 5) is 22.1. The molecule has 6 heteroatoms. The van der Waals surface area contributed by atoms with Gasteiger partial charge in [0.1, 0.15) is 13.2 Å². The van der Waals surface area contributed by atoms with E-state index >= 15 is 0 Å². The Morgan fingerprint density at radius 3 is 2.17 bits per heavy atom. The Balaban J connectivity index is 1.69. The highest BCUT2D eigenvalue weighted by atomic mass is 32.2. The number of aliphatic carboxylic acids is 1. The zero-order chi connectivity index (χ0) is 16.2. The number of nitrogens with one attached hydrogen (secondary N) is 1. The molecule has 0 fully saturated rings. The SMILES string of the molecule is O=C(O)CNSC(=O)OCC1c2ccccc2-c2ccccc21. The lowest BCUT2D eigenvalue weighted by Crippen LogP contribution is -2.19. The second kappa shape index (κ2) is 6.85. The van der Waals surface area contributed by atoms with Crippen LogP contribution in [0, 0.1) is 0 Å². The lowest BCUT2D eigenvalue weighted by atomic mass is 9.98. The summed E-state index contributed by atoms with van der Waals surface area (Å²) in [7, 11) is 0. The summed E-state index contributed by atoms with van der Waals surface area (Å²) >= 11 is 0.659. The zero-order valence-electron chi connectivity index (χ0n) is 12.2. The molecule has 0 saturated heterocycles. The van der Waals surface area contributed by atoms with Crippen molar-refractivity contribution in [2.24, 2.45) is 0 Å². The minimum absolute atomic E-state index is 0.00595. The van der Waals surface area contributed by atoms with E-state index in [9.17, 15) is 9.59 Å². The molecule has 1 aliphatic carbocycles. The Morgan fingerprint density at radius 1 is 1.04 bits per heavy atom. The number of carbonyl (C=O) groups is 2. The number of fused-ring (bicyclic) bond motifs is 3. The molecule has 5 nitrogen and oxygen atoms in total. The molecule has 2 aromatic carbocycles. The summed E-state index contributed by atoms with van der Waals surface area (Å²) in [5.41, 5.74) is 4.62. The highest BCUT2D eigenvalue weighted by Crippen LogP contribution is 2.44. The summed E-state index contributed by atoms with van der Waals surface area (Å²) in [6.45, 7) is -0.0660. The second-order valence-electron chi connectivity index (χ2n) is 5.11. The maximum Gasteiger partial charge on any atom is 0.382 e.